The minimum absolute atomic E-state index is 0.0486. The van der Waals surface area contributed by atoms with Crippen LogP contribution >= 0.6 is 0 Å². The SMILES string of the molecule is CC1CC(c2cccc(F)c2F)n2nc(S(=O)O)nc21. The van der Waals surface area contributed by atoms with Gasteiger partial charge in [0.05, 0.1) is 6.04 Å². The third kappa shape index (κ3) is 1.95. The maximum absolute atomic E-state index is 13.9. The first-order valence-corrected chi connectivity index (χ1v) is 7.11. The van der Waals surface area contributed by atoms with Crippen LogP contribution in [-0.2, 0) is 11.1 Å². The molecule has 1 aliphatic heterocycles. The van der Waals surface area contributed by atoms with Crippen molar-refractivity contribution in [2.45, 2.75) is 30.5 Å². The number of halogens is 2. The van der Waals surface area contributed by atoms with Crippen LogP contribution in [0.15, 0.2) is 23.4 Å². The molecule has 0 aliphatic carbocycles. The zero-order valence-corrected chi connectivity index (χ0v) is 11.3. The smallest absolute Gasteiger partial charge is 0.266 e. The highest BCUT2D eigenvalue weighted by Gasteiger charge is 2.35. The highest BCUT2D eigenvalue weighted by Crippen LogP contribution is 2.39. The van der Waals surface area contributed by atoms with Crippen molar-refractivity contribution >= 4 is 11.1 Å². The summed E-state index contributed by atoms with van der Waals surface area (Å²) in [5.74, 6) is -1.38. The summed E-state index contributed by atoms with van der Waals surface area (Å²) in [6.07, 6.45) is 0.522. The Kier molecular flexibility index (Phi) is 3.14. The Morgan fingerprint density at radius 1 is 1.45 bits per heavy atom. The summed E-state index contributed by atoms with van der Waals surface area (Å²) in [4.78, 5) is 3.98. The predicted molar refractivity (Wildman–Crippen MR) is 66.6 cm³/mol. The van der Waals surface area contributed by atoms with Gasteiger partial charge in [0, 0.05) is 11.5 Å². The fraction of sp³-hybridized carbons (Fsp3) is 0.333. The van der Waals surface area contributed by atoms with Crippen molar-refractivity contribution < 1.29 is 17.5 Å². The highest BCUT2D eigenvalue weighted by atomic mass is 32.2. The van der Waals surface area contributed by atoms with E-state index in [2.05, 4.69) is 10.1 Å². The molecule has 0 bridgehead atoms. The van der Waals surface area contributed by atoms with Crippen molar-refractivity contribution in [3.63, 3.8) is 0 Å². The van der Waals surface area contributed by atoms with Crippen LogP contribution in [0.2, 0.25) is 0 Å². The Labute approximate surface area is 115 Å². The van der Waals surface area contributed by atoms with E-state index in [9.17, 15) is 13.0 Å². The van der Waals surface area contributed by atoms with Crippen LogP contribution in [0, 0.1) is 11.6 Å². The van der Waals surface area contributed by atoms with E-state index in [1.54, 1.807) is 0 Å². The van der Waals surface area contributed by atoms with Crippen LogP contribution in [0.1, 0.15) is 36.7 Å². The summed E-state index contributed by atoms with van der Waals surface area (Å²) < 4.78 is 48.7. The summed E-state index contributed by atoms with van der Waals surface area (Å²) >= 11 is -2.29. The molecule has 8 heteroatoms. The normalized spacial score (nSPS) is 22.8. The lowest BCUT2D eigenvalue weighted by molar-refractivity contribution is 0.457. The molecule has 20 heavy (non-hydrogen) atoms. The molecule has 0 saturated carbocycles. The van der Waals surface area contributed by atoms with Crippen LogP contribution in [0.5, 0.6) is 0 Å². The molecule has 5 nitrogen and oxygen atoms in total. The summed E-state index contributed by atoms with van der Waals surface area (Å²) in [7, 11) is 0. The maximum Gasteiger partial charge on any atom is 0.266 e. The number of hydrogen-bond donors (Lipinski definition) is 1. The number of aromatic nitrogens is 3. The van der Waals surface area contributed by atoms with Gasteiger partial charge in [-0.25, -0.2) is 22.7 Å². The van der Waals surface area contributed by atoms with Crippen LogP contribution in [0.25, 0.3) is 0 Å². The van der Waals surface area contributed by atoms with E-state index < -0.39 is 28.8 Å². The zero-order chi connectivity index (χ0) is 14.4. The lowest BCUT2D eigenvalue weighted by Crippen LogP contribution is -2.11. The van der Waals surface area contributed by atoms with Gasteiger partial charge in [0.25, 0.3) is 5.16 Å². The molecule has 106 valence electrons. The van der Waals surface area contributed by atoms with Gasteiger partial charge in [-0.2, -0.15) is 0 Å². The first kappa shape index (κ1) is 13.3. The van der Waals surface area contributed by atoms with Crippen molar-refractivity contribution in [2.24, 2.45) is 0 Å². The minimum Gasteiger partial charge on any atom is -0.300 e. The molecular formula is C12H11F2N3O2S. The standard InChI is InChI=1S/C12H11F2N3O2S/c1-6-5-9(7-3-2-4-8(13)10(7)14)17-11(6)15-12(16-17)20(18)19/h2-4,6,9H,5H2,1H3,(H,18,19). The van der Waals surface area contributed by atoms with Crippen LogP contribution in [0.4, 0.5) is 8.78 Å². The lowest BCUT2D eigenvalue weighted by Gasteiger charge is -2.13. The summed E-state index contributed by atoms with van der Waals surface area (Å²) in [6.45, 7) is 1.86. The van der Waals surface area contributed by atoms with Crippen LogP contribution < -0.4 is 0 Å². The number of nitrogens with zero attached hydrogens (tertiary/aromatic N) is 3. The molecule has 1 aromatic carbocycles. The number of benzene rings is 1. The molecule has 2 heterocycles. The van der Waals surface area contributed by atoms with Gasteiger partial charge in [-0.05, 0) is 12.5 Å². The monoisotopic (exact) mass is 299 g/mol. The fourth-order valence-electron chi connectivity index (χ4n) is 2.53. The van der Waals surface area contributed by atoms with E-state index in [-0.39, 0.29) is 16.6 Å². The van der Waals surface area contributed by atoms with Crippen LogP contribution in [0.3, 0.4) is 0 Å². The van der Waals surface area contributed by atoms with Crippen LogP contribution in [-0.4, -0.2) is 23.5 Å². The van der Waals surface area contributed by atoms with Gasteiger partial charge in [0.1, 0.15) is 5.82 Å². The second-order valence-corrected chi connectivity index (χ2v) is 5.61. The highest BCUT2D eigenvalue weighted by molar-refractivity contribution is 7.79. The fourth-order valence-corrected chi connectivity index (χ4v) is 2.86. The van der Waals surface area contributed by atoms with Gasteiger partial charge in [-0.15, -0.1) is 5.10 Å². The number of rotatable bonds is 2. The molecule has 3 atom stereocenters. The Morgan fingerprint density at radius 3 is 2.90 bits per heavy atom. The second-order valence-electron chi connectivity index (χ2n) is 4.74. The first-order valence-electron chi connectivity index (χ1n) is 6.00. The summed E-state index contributed by atoms with van der Waals surface area (Å²) in [6, 6.07) is 3.45. The zero-order valence-electron chi connectivity index (χ0n) is 10.5. The third-order valence-corrected chi connectivity index (χ3v) is 3.93. The van der Waals surface area contributed by atoms with Crippen molar-refractivity contribution in [3.8, 4) is 0 Å². The molecule has 1 N–H and O–H groups in total. The van der Waals surface area contributed by atoms with Gasteiger partial charge in [-0.3, -0.25) is 4.55 Å². The van der Waals surface area contributed by atoms with E-state index >= 15 is 0 Å². The molecule has 0 radical (unpaired) electrons. The molecule has 0 fully saturated rings. The molecule has 2 aromatic rings. The first-order chi connectivity index (χ1) is 9.49. The second kappa shape index (κ2) is 4.71. The predicted octanol–water partition coefficient (Wildman–Crippen LogP) is 2.23. The average molecular weight is 299 g/mol. The van der Waals surface area contributed by atoms with Gasteiger partial charge < -0.3 is 0 Å². The van der Waals surface area contributed by atoms with Crippen molar-refractivity contribution in [3.05, 3.63) is 41.2 Å². The van der Waals surface area contributed by atoms with Gasteiger partial charge >= 0.3 is 0 Å². The van der Waals surface area contributed by atoms with Crippen molar-refractivity contribution in [1.82, 2.24) is 14.8 Å². The number of fused-ring (bicyclic) bond motifs is 1. The topological polar surface area (TPSA) is 68.0 Å². The summed E-state index contributed by atoms with van der Waals surface area (Å²) in [5, 5.41) is 3.72. The van der Waals surface area contributed by atoms with Gasteiger partial charge in [0.15, 0.2) is 11.6 Å². The molecule has 1 aliphatic rings. The largest absolute Gasteiger partial charge is 0.300 e. The van der Waals surface area contributed by atoms with Crippen molar-refractivity contribution in [1.29, 1.82) is 0 Å². The maximum atomic E-state index is 13.9. The molecular weight excluding hydrogens is 288 g/mol. The van der Waals surface area contributed by atoms with Gasteiger partial charge in [-0.1, -0.05) is 19.1 Å². The Balaban J connectivity index is 2.10. The Bertz CT molecular complexity index is 704. The van der Waals surface area contributed by atoms with E-state index in [4.69, 9.17) is 4.55 Å². The molecule has 0 spiro atoms. The average Bonchev–Trinajstić information content (AvgIpc) is 2.94. The molecule has 1 aromatic heterocycles. The van der Waals surface area contributed by atoms with Crippen molar-refractivity contribution in [2.75, 3.05) is 0 Å². The van der Waals surface area contributed by atoms with E-state index in [1.807, 2.05) is 6.92 Å². The van der Waals surface area contributed by atoms with E-state index in [0.717, 1.165) is 6.07 Å². The molecule has 3 rings (SSSR count). The number of hydrogen-bond acceptors (Lipinski definition) is 3. The molecule has 0 saturated heterocycles. The quantitative estimate of drug-likeness (QED) is 0.864. The third-order valence-electron chi connectivity index (χ3n) is 3.45. The van der Waals surface area contributed by atoms with E-state index in [1.165, 1.54) is 16.8 Å². The lowest BCUT2D eigenvalue weighted by atomic mass is 9.99. The van der Waals surface area contributed by atoms with Gasteiger partial charge in [0.2, 0.25) is 11.1 Å². The van der Waals surface area contributed by atoms with E-state index in [0.29, 0.717) is 12.2 Å². The molecule has 0 amide bonds. The Morgan fingerprint density at radius 2 is 2.20 bits per heavy atom. The summed E-state index contributed by atoms with van der Waals surface area (Å²) in [5.41, 5.74) is 0.177. The minimum atomic E-state index is -2.29. The Hall–Kier alpha value is -1.67. The molecule has 3 unspecified atom stereocenters.